The van der Waals surface area contributed by atoms with Crippen molar-refractivity contribution >= 4 is 16.1 Å². The van der Waals surface area contributed by atoms with Gasteiger partial charge in [-0.3, -0.25) is 4.90 Å². The summed E-state index contributed by atoms with van der Waals surface area (Å²) in [6.07, 6.45) is 11.1. The topological polar surface area (TPSA) is 54.5 Å². The fraction of sp³-hybridized carbons (Fsp3) is 0.421. The smallest absolute Gasteiger partial charge is 0.201 e. The number of hydrogen-bond donors (Lipinski definition) is 0. The van der Waals surface area contributed by atoms with Crippen molar-refractivity contribution in [3.8, 4) is 0 Å². The molecule has 2 unspecified atom stereocenters. The quantitative estimate of drug-likeness (QED) is 0.787. The molecule has 5 heteroatoms. The fourth-order valence-corrected chi connectivity index (χ4v) is 6.01. The van der Waals surface area contributed by atoms with Crippen LogP contribution in [-0.4, -0.2) is 37.1 Å². The maximum atomic E-state index is 13.6. The Morgan fingerprint density at radius 2 is 2.00 bits per heavy atom. The van der Waals surface area contributed by atoms with Gasteiger partial charge in [0.15, 0.2) is 4.87 Å². The van der Waals surface area contributed by atoms with E-state index in [2.05, 4.69) is 0 Å². The molecule has 3 rings (SSSR count). The summed E-state index contributed by atoms with van der Waals surface area (Å²) in [5.41, 5.74) is 0.736. The lowest BCUT2D eigenvalue weighted by Crippen LogP contribution is -2.59. The van der Waals surface area contributed by atoms with E-state index >= 15 is 0 Å². The van der Waals surface area contributed by atoms with Crippen molar-refractivity contribution in [3.05, 3.63) is 54.1 Å². The molecule has 1 heterocycles. The molecule has 1 saturated heterocycles. The molecule has 2 aliphatic rings. The highest BCUT2D eigenvalue weighted by Crippen LogP contribution is 2.40. The van der Waals surface area contributed by atoms with Crippen LogP contribution in [0, 0.1) is 6.92 Å². The van der Waals surface area contributed by atoms with Crippen molar-refractivity contribution in [2.75, 3.05) is 6.54 Å². The molecule has 0 radical (unpaired) electrons. The summed E-state index contributed by atoms with van der Waals surface area (Å²) in [4.78, 5) is 12.7. The molecular weight excluding hydrogens is 322 g/mol. The average Bonchev–Trinajstić information content (AvgIpc) is 2.62. The molecule has 1 aliphatic carbocycles. The number of hydrogen-bond acceptors (Lipinski definition) is 4. The second-order valence-electron chi connectivity index (χ2n) is 6.50. The van der Waals surface area contributed by atoms with E-state index in [1.165, 1.54) is 0 Å². The number of carbonyl (C=O) groups is 1. The van der Waals surface area contributed by atoms with Crippen molar-refractivity contribution < 1.29 is 13.2 Å². The zero-order valence-electron chi connectivity index (χ0n) is 13.9. The summed E-state index contributed by atoms with van der Waals surface area (Å²) in [5.74, 6) is 0. The van der Waals surface area contributed by atoms with Gasteiger partial charge in [-0.25, -0.2) is 8.42 Å². The zero-order chi connectivity index (χ0) is 17.2. The first-order valence-corrected chi connectivity index (χ1v) is 9.88. The molecule has 1 aromatic carbocycles. The van der Waals surface area contributed by atoms with Crippen LogP contribution < -0.4 is 0 Å². The van der Waals surface area contributed by atoms with Crippen LogP contribution in [0.4, 0.5) is 0 Å². The number of aryl methyl sites for hydroxylation is 1. The summed E-state index contributed by atoms with van der Waals surface area (Å²) < 4.78 is 27.3. The molecule has 0 aromatic heterocycles. The zero-order valence-corrected chi connectivity index (χ0v) is 14.7. The molecular formula is C19H23NO3S. The van der Waals surface area contributed by atoms with Gasteiger partial charge in [-0.2, -0.15) is 0 Å². The molecule has 0 amide bonds. The SMILES string of the molecule is Cc1ccccc1S(=O)(=O)C1(N2CCCCC2C=O)C=CC=CC1. The van der Waals surface area contributed by atoms with Crippen LogP contribution in [0.25, 0.3) is 0 Å². The van der Waals surface area contributed by atoms with Gasteiger partial charge in [0.05, 0.1) is 10.9 Å². The third-order valence-corrected chi connectivity index (χ3v) is 7.56. The Morgan fingerprint density at radius 1 is 1.21 bits per heavy atom. The maximum absolute atomic E-state index is 13.6. The molecule has 4 nitrogen and oxygen atoms in total. The van der Waals surface area contributed by atoms with Crippen LogP contribution in [0.1, 0.15) is 31.2 Å². The third-order valence-electron chi connectivity index (χ3n) is 5.06. The molecule has 1 fully saturated rings. The van der Waals surface area contributed by atoms with Gasteiger partial charge in [-0.05, 0) is 37.5 Å². The standard InChI is InChI=1S/C19H23NO3S/c1-16-9-3-4-11-18(16)24(22,23)19(12-6-2-7-13-19)20-14-8-5-10-17(20)15-21/h2-4,6-7,9,11-12,15,17H,5,8,10,13-14H2,1H3. The fourth-order valence-electron chi connectivity index (χ4n) is 3.77. The first-order valence-electron chi connectivity index (χ1n) is 8.39. The van der Waals surface area contributed by atoms with Gasteiger partial charge in [-0.15, -0.1) is 0 Å². The molecule has 0 saturated carbocycles. The Bertz CT molecular complexity index is 782. The van der Waals surface area contributed by atoms with E-state index in [1.807, 2.05) is 36.1 Å². The predicted molar refractivity (Wildman–Crippen MR) is 94.4 cm³/mol. The summed E-state index contributed by atoms with van der Waals surface area (Å²) in [5, 5.41) is 0. The average molecular weight is 345 g/mol. The summed E-state index contributed by atoms with van der Waals surface area (Å²) >= 11 is 0. The van der Waals surface area contributed by atoms with E-state index in [-0.39, 0.29) is 6.04 Å². The highest BCUT2D eigenvalue weighted by molar-refractivity contribution is 7.93. The van der Waals surface area contributed by atoms with Crippen molar-refractivity contribution in [2.24, 2.45) is 0 Å². The Balaban J connectivity index is 2.16. The molecule has 1 aliphatic heterocycles. The molecule has 128 valence electrons. The van der Waals surface area contributed by atoms with E-state index in [9.17, 15) is 13.2 Å². The number of carbonyl (C=O) groups excluding carboxylic acids is 1. The van der Waals surface area contributed by atoms with Crippen molar-refractivity contribution in [2.45, 2.75) is 48.4 Å². The number of likely N-dealkylation sites (tertiary alicyclic amines) is 1. The van der Waals surface area contributed by atoms with Crippen LogP contribution in [0.5, 0.6) is 0 Å². The maximum Gasteiger partial charge on any atom is 0.201 e. The van der Waals surface area contributed by atoms with Crippen LogP contribution in [0.2, 0.25) is 0 Å². The number of aldehydes is 1. The van der Waals surface area contributed by atoms with Gasteiger partial charge in [0.25, 0.3) is 0 Å². The Labute approximate surface area is 143 Å². The van der Waals surface area contributed by atoms with Gasteiger partial charge in [0.1, 0.15) is 6.29 Å². The monoisotopic (exact) mass is 345 g/mol. The first kappa shape index (κ1) is 17.1. The lowest BCUT2D eigenvalue weighted by molar-refractivity contribution is -0.114. The minimum Gasteiger partial charge on any atom is -0.302 e. The summed E-state index contributed by atoms with van der Waals surface area (Å²) in [6.45, 7) is 2.43. The van der Waals surface area contributed by atoms with Crippen molar-refractivity contribution in [1.29, 1.82) is 0 Å². The number of nitrogens with zero attached hydrogens (tertiary/aromatic N) is 1. The van der Waals surface area contributed by atoms with Crippen molar-refractivity contribution in [1.82, 2.24) is 4.90 Å². The molecule has 0 bridgehead atoms. The molecule has 24 heavy (non-hydrogen) atoms. The Hall–Kier alpha value is -1.72. The van der Waals surface area contributed by atoms with E-state index < -0.39 is 14.7 Å². The van der Waals surface area contributed by atoms with E-state index in [4.69, 9.17) is 0 Å². The van der Waals surface area contributed by atoms with E-state index in [1.54, 1.807) is 24.3 Å². The first-order chi connectivity index (χ1) is 11.5. The molecule has 2 atom stereocenters. The Kier molecular flexibility index (Phi) is 4.74. The predicted octanol–water partition coefficient (Wildman–Crippen LogP) is 3.03. The number of sulfone groups is 1. The van der Waals surface area contributed by atoms with E-state index in [0.29, 0.717) is 24.3 Å². The van der Waals surface area contributed by atoms with Crippen LogP contribution in [-0.2, 0) is 14.6 Å². The number of piperidine rings is 1. The van der Waals surface area contributed by atoms with Crippen LogP contribution >= 0.6 is 0 Å². The molecule has 1 aromatic rings. The van der Waals surface area contributed by atoms with Gasteiger partial charge < -0.3 is 4.79 Å². The minimum absolute atomic E-state index is 0.347. The highest BCUT2D eigenvalue weighted by atomic mass is 32.2. The van der Waals surface area contributed by atoms with Crippen LogP contribution in [0.15, 0.2) is 53.5 Å². The highest BCUT2D eigenvalue weighted by Gasteiger charge is 2.50. The minimum atomic E-state index is -3.67. The summed E-state index contributed by atoms with van der Waals surface area (Å²) in [6, 6.07) is 6.72. The normalized spacial score (nSPS) is 28.0. The van der Waals surface area contributed by atoms with Gasteiger partial charge in [-0.1, -0.05) is 42.8 Å². The Morgan fingerprint density at radius 3 is 2.67 bits per heavy atom. The summed E-state index contributed by atoms with van der Waals surface area (Å²) in [7, 11) is -3.67. The lowest BCUT2D eigenvalue weighted by atomic mass is 9.97. The van der Waals surface area contributed by atoms with Gasteiger partial charge >= 0.3 is 0 Å². The lowest BCUT2D eigenvalue weighted by Gasteiger charge is -2.46. The third kappa shape index (κ3) is 2.66. The second-order valence-corrected chi connectivity index (χ2v) is 8.65. The molecule has 0 N–H and O–H groups in total. The van der Waals surface area contributed by atoms with Gasteiger partial charge in [0.2, 0.25) is 9.84 Å². The second kappa shape index (κ2) is 6.65. The molecule has 0 spiro atoms. The van der Waals surface area contributed by atoms with Crippen LogP contribution in [0.3, 0.4) is 0 Å². The van der Waals surface area contributed by atoms with Crippen molar-refractivity contribution in [3.63, 3.8) is 0 Å². The van der Waals surface area contributed by atoms with E-state index in [0.717, 1.165) is 24.7 Å². The largest absolute Gasteiger partial charge is 0.302 e. The number of allylic oxidation sites excluding steroid dienone is 2. The number of benzene rings is 1. The van der Waals surface area contributed by atoms with Gasteiger partial charge in [0, 0.05) is 13.0 Å². The number of rotatable bonds is 4.